The average Bonchev–Trinajstić information content (AvgIpc) is 2.68. The van der Waals surface area contributed by atoms with Crippen LogP contribution >= 0.6 is 6.75 Å². The summed E-state index contributed by atoms with van der Waals surface area (Å²) < 4.78 is 0. The Morgan fingerprint density at radius 3 is 1.27 bits per heavy atom. The molecule has 0 radical (unpaired) electrons. The van der Waals surface area contributed by atoms with E-state index in [0.29, 0.717) is 0 Å². The van der Waals surface area contributed by atoms with Crippen molar-refractivity contribution in [3.8, 4) is 0 Å². The van der Waals surface area contributed by atoms with Gasteiger partial charge in [0.1, 0.15) is 0 Å². The van der Waals surface area contributed by atoms with Gasteiger partial charge in [0.25, 0.3) is 0 Å². The Balaban J connectivity index is 2.57. The predicted molar refractivity (Wildman–Crippen MR) is 111 cm³/mol. The third-order valence-electron chi connectivity index (χ3n) is 5.24. The van der Waals surface area contributed by atoms with Gasteiger partial charge in [-0.3, -0.25) is 0 Å². The van der Waals surface area contributed by atoms with E-state index in [1.54, 1.807) is 0 Å². The molecule has 0 aliphatic rings. The molecule has 1 amide bonds. The van der Waals surface area contributed by atoms with Crippen LogP contribution in [-0.2, 0) is 0 Å². The zero-order valence-electron chi connectivity index (χ0n) is 15.0. The molecule has 3 aromatic rings. The number of nitrogens with one attached hydrogen (secondary N) is 1. The van der Waals surface area contributed by atoms with Crippen molar-refractivity contribution in [3.63, 3.8) is 0 Å². The van der Waals surface area contributed by atoms with E-state index < -0.39 is 12.8 Å². The van der Waals surface area contributed by atoms with Gasteiger partial charge in [0, 0.05) is 0 Å². The van der Waals surface area contributed by atoms with Crippen LogP contribution in [0.25, 0.3) is 0 Å². The van der Waals surface area contributed by atoms with E-state index in [1.807, 2.05) is 91.0 Å². The van der Waals surface area contributed by atoms with E-state index in [0.717, 1.165) is 15.9 Å². The summed E-state index contributed by atoms with van der Waals surface area (Å²) in [6.45, 7) is 0.744. The minimum absolute atomic E-state index is 0.0318. The van der Waals surface area contributed by atoms with Gasteiger partial charge in [-0.15, -0.1) is 0 Å². The first kappa shape index (κ1) is 18.2. The van der Waals surface area contributed by atoms with E-state index in [1.165, 1.54) is 0 Å². The number of hydrogen-bond donors (Lipinski definition) is 2. The number of rotatable bonds is 5. The number of carboxylic acid groups (broad SMARTS) is 1. The van der Waals surface area contributed by atoms with Crippen molar-refractivity contribution in [2.45, 2.75) is 19.5 Å². The molecule has 0 heterocycles. The van der Waals surface area contributed by atoms with Crippen LogP contribution in [-0.4, -0.2) is 16.9 Å². The van der Waals surface area contributed by atoms with Crippen LogP contribution in [0.5, 0.6) is 0 Å². The fourth-order valence-corrected chi connectivity index (χ4v) is 10.2. The van der Waals surface area contributed by atoms with Gasteiger partial charge in [0.05, 0.1) is 0 Å². The molecule has 2 N–H and O–H groups in total. The van der Waals surface area contributed by atoms with Crippen LogP contribution in [0.4, 0.5) is 4.79 Å². The molecule has 0 unspecified atom stereocenters. The van der Waals surface area contributed by atoms with Gasteiger partial charge in [-0.2, -0.15) is 0 Å². The topological polar surface area (TPSA) is 49.3 Å². The second kappa shape index (κ2) is 6.93. The summed E-state index contributed by atoms with van der Waals surface area (Å²) >= 11 is 0. The monoisotopic (exact) mass is 365 g/mol. The molecule has 0 fully saturated rings. The number of amides is 1. The Bertz CT molecular complexity index is 780. The summed E-state index contributed by atoms with van der Waals surface area (Å²) in [6.07, 6.45) is -1.01. The summed E-state index contributed by atoms with van der Waals surface area (Å²) in [7, 11) is 0. The minimum atomic E-state index is -3.48. The van der Waals surface area contributed by atoms with Crippen molar-refractivity contribution in [1.82, 2.24) is 5.09 Å². The van der Waals surface area contributed by atoms with Crippen LogP contribution in [0.2, 0.25) is 0 Å². The Kier molecular flexibility index (Phi) is 4.84. The number of hydrogen-bond acceptors (Lipinski definition) is 1. The van der Waals surface area contributed by atoms with Gasteiger partial charge in [-0.25, -0.2) is 0 Å². The van der Waals surface area contributed by atoms with Crippen molar-refractivity contribution in [2.75, 3.05) is 0 Å². The third-order valence-corrected chi connectivity index (χ3v) is 12.1. The summed E-state index contributed by atoms with van der Waals surface area (Å²) in [4.78, 5) is 12.2. The molecular weight excluding hydrogens is 341 g/mol. The predicted octanol–water partition coefficient (Wildman–Crippen LogP) is 4.11. The SMILES string of the molecule is CC(C)P(NC(=O)O)(c1ccccc1)(c1ccccc1)c1ccccc1. The molecule has 3 rings (SSSR count). The second-order valence-corrected chi connectivity index (χ2v) is 11.9. The van der Waals surface area contributed by atoms with E-state index >= 15 is 0 Å². The summed E-state index contributed by atoms with van der Waals surface area (Å²) in [5.74, 6) is 0. The molecule has 134 valence electrons. The normalized spacial score (nSPS) is 13.0. The average molecular weight is 365 g/mol. The third kappa shape index (κ3) is 2.51. The molecular formula is C22H24NO2P. The molecule has 3 aromatic carbocycles. The molecule has 0 spiro atoms. The molecule has 26 heavy (non-hydrogen) atoms. The Morgan fingerprint density at radius 2 is 1.04 bits per heavy atom. The maximum absolute atomic E-state index is 12.2. The van der Waals surface area contributed by atoms with Gasteiger partial charge in [-0.05, 0) is 0 Å². The Hall–Kier alpha value is -2.64. The maximum atomic E-state index is 12.2. The Labute approximate surface area is 154 Å². The Morgan fingerprint density at radius 1 is 0.731 bits per heavy atom. The number of benzene rings is 3. The van der Waals surface area contributed by atoms with Crippen molar-refractivity contribution in [2.24, 2.45) is 0 Å². The summed E-state index contributed by atoms with van der Waals surface area (Å²) in [5, 5.41) is 16.1. The molecule has 0 bridgehead atoms. The van der Waals surface area contributed by atoms with Crippen molar-refractivity contribution in [1.29, 1.82) is 0 Å². The zero-order chi connectivity index (χ0) is 18.6. The van der Waals surface area contributed by atoms with Gasteiger partial charge in [-0.1, -0.05) is 0 Å². The van der Waals surface area contributed by atoms with Gasteiger partial charge >= 0.3 is 154 Å². The van der Waals surface area contributed by atoms with E-state index in [9.17, 15) is 9.90 Å². The van der Waals surface area contributed by atoms with Gasteiger partial charge < -0.3 is 0 Å². The first-order valence-electron chi connectivity index (χ1n) is 8.72. The number of carbonyl (C=O) groups is 1. The van der Waals surface area contributed by atoms with Crippen LogP contribution in [0, 0.1) is 0 Å². The molecule has 0 aliphatic carbocycles. The fourth-order valence-electron chi connectivity index (χ4n) is 4.08. The molecule has 4 heteroatoms. The molecule has 0 saturated carbocycles. The van der Waals surface area contributed by atoms with Crippen LogP contribution < -0.4 is 21.0 Å². The molecule has 3 nitrogen and oxygen atoms in total. The van der Waals surface area contributed by atoms with E-state index in [-0.39, 0.29) is 5.66 Å². The molecule has 0 aliphatic heterocycles. The standard InChI is InChI=1S/C22H24NO2P/c1-18(2)26(23-22(24)25,19-12-6-3-7-13-19,20-14-8-4-9-15-20)21-16-10-5-11-17-21/h3-18,23H,1-2H3,(H,24,25). The van der Waals surface area contributed by atoms with Crippen LogP contribution in [0.3, 0.4) is 0 Å². The van der Waals surface area contributed by atoms with Gasteiger partial charge in [0.2, 0.25) is 0 Å². The molecule has 0 saturated heterocycles. The van der Waals surface area contributed by atoms with E-state index in [4.69, 9.17) is 0 Å². The second-order valence-electron chi connectivity index (χ2n) is 6.70. The molecule has 0 atom stereocenters. The fraction of sp³-hybridized carbons (Fsp3) is 0.136. The van der Waals surface area contributed by atoms with Crippen LogP contribution in [0.15, 0.2) is 91.0 Å². The zero-order valence-corrected chi connectivity index (χ0v) is 15.9. The summed E-state index contributed by atoms with van der Waals surface area (Å²) in [5.41, 5.74) is 0.0318. The summed E-state index contributed by atoms with van der Waals surface area (Å²) in [6, 6.07) is 30.1. The van der Waals surface area contributed by atoms with Gasteiger partial charge in [0.15, 0.2) is 0 Å². The van der Waals surface area contributed by atoms with E-state index in [2.05, 4.69) is 18.9 Å². The van der Waals surface area contributed by atoms with Crippen LogP contribution in [0.1, 0.15) is 13.8 Å². The van der Waals surface area contributed by atoms with Crippen molar-refractivity contribution < 1.29 is 9.90 Å². The van der Waals surface area contributed by atoms with Crippen molar-refractivity contribution >= 4 is 28.8 Å². The first-order chi connectivity index (χ1) is 12.5. The quantitative estimate of drug-likeness (QED) is 0.669. The first-order valence-corrected chi connectivity index (χ1v) is 11.0. The molecule has 0 aromatic heterocycles. The van der Waals surface area contributed by atoms with Crippen molar-refractivity contribution in [3.05, 3.63) is 91.0 Å².